The van der Waals surface area contributed by atoms with Crippen molar-refractivity contribution < 1.29 is 10.2 Å². The molecule has 0 fully saturated rings. The first-order chi connectivity index (χ1) is 5.81. The van der Waals surface area contributed by atoms with Crippen LogP contribution in [-0.4, -0.2) is 22.9 Å². The van der Waals surface area contributed by atoms with E-state index in [0.29, 0.717) is 6.42 Å². The van der Waals surface area contributed by atoms with E-state index >= 15 is 0 Å². The first-order valence-corrected chi connectivity index (χ1v) is 4.41. The van der Waals surface area contributed by atoms with Gasteiger partial charge in [-0.2, -0.15) is 0 Å². The SMILES string of the molecule is CCC/C=C/C[C@@H](O)/C=C/CO. The summed E-state index contributed by atoms with van der Waals surface area (Å²) >= 11 is 0. The van der Waals surface area contributed by atoms with Crippen LogP contribution < -0.4 is 0 Å². The molecule has 0 aromatic carbocycles. The van der Waals surface area contributed by atoms with Crippen LogP contribution in [0.15, 0.2) is 24.3 Å². The third-order valence-corrected chi connectivity index (χ3v) is 1.46. The van der Waals surface area contributed by atoms with Gasteiger partial charge in [0.15, 0.2) is 0 Å². The third kappa shape index (κ3) is 7.51. The van der Waals surface area contributed by atoms with Gasteiger partial charge in [0.1, 0.15) is 0 Å². The Morgan fingerprint density at radius 1 is 1.25 bits per heavy atom. The average Bonchev–Trinajstić information content (AvgIpc) is 2.09. The van der Waals surface area contributed by atoms with Crippen molar-refractivity contribution >= 4 is 0 Å². The minimum Gasteiger partial charge on any atom is -0.392 e. The molecule has 0 unspecified atom stereocenters. The molecule has 0 aliphatic heterocycles. The van der Waals surface area contributed by atoms with Gasteiger partial charge in [0.2, 0.25) is 0 Å². The van der Waals surface area contributed by atoms with Crippen molar-refractivity contribution in [1.82, 2.24) is 0 Å². The lowest BCUT2D eigenvalue weighted by Gasteiger charge is -1.98. The van der Waals surface area contributed by atoms with Crippen molar-refractivity contribution in [2.75, 3.05) is 6.61 Å². The number of allylic oxidation sites excluding steroid dienone is 1. The van der Waals surface area contributed by atoms with Crippen molar-refractivity contribution in [3.05, 3.63) is 24.3 Å². The number of unbranched alkanes of at least 4 members (excludes halogenated alkanes) is 1. The first-order valence-electron chi connectivity index (χ1n) is 4.41. The monoisotopic (exact) mass is 170 g/mol. The topological polar surface area (TPSA) is 40.5 Å². The summed E-state index contributed by atoms with van der Waals surface area (Å²) in [6.07, 6.45) is 9.58. The van der Waals surface area contributed by atoms with Gasteiger partial charge in [-0.1, -0.05) is 37.6 Å². The van der Waals surface area contributed by atoms with Crippen molar-refractivity contribution in [2.24, 2.45) is 0 Å². The van der Waals surface area contributed by atoms with Gasteiger partial charge in [-0.05, 0) is 12.8 Å². The lowest BCUT2D eigenvalue weighted by Crippen LogP contribution is -1.99. The molecule has 0 radical (unpaired) electrons. The fraction of sp³-hybridized carbons (Fsp3) is 0.600. The van der Waals surface area contributed by atoms with Crippen LogP contribution in [0.3, 0.4) is 0 Å². The number of aliphatic hydroxyl groups excluding tert-OH is 2. The molecule has 2 nitrogen and oxygen atoms in total. The highest BCUT2D eigenvalue weighted by Gasteiger charge is 1.92. The van der Waals surface area contributed by atoms with Gasteiger partial charge in [0.05, 0.1) is 12.7 Å². The maximum absolute atomic E-state index is 9.23. The van der Waals surface area contributed by atoms with Gasteiger partial charge >= 0.3 is 0 Å². The Morgan fingerprint density at radius 3 is 2.58 bits per heavy atom. The summed E-state index contributed by atoms with van der Waals surface area (Å²) < 4.78 is 0. The second-order valence-corrected chi connectivity index (χ2v) is 2.67. The van der Waals surface area contributed by atoms with Crippen molar-refractivity contribution in [3.8, 4) is 0 Å². The molecule has 0 spiro atoms. The second kappa shape index (κ2) is 8.50. The first kappa shape index (κ1) is 11.4. The van der Waals surface area contributed by atoms with E-state index in [0.717, 1.165) is 12.8 Å². The van der Waals surface area contributed by atoms with Crippen LogP contribution in [-0.2, 0) is 0 Å². The minimum atomic E-state index is -0.453. The van der Waals surface area contributed by atoms with Crippen LogP contribution in [0.2, 0.25) is 0 Å². The molecule has 12 heavy (non-hydrogen) atoms. The Hall–Kier alpha value is -0.600. The van der Waals surface area contributed by atoms with Gasteiger partial charge in [-0.25, -0.2) is 0 Å². The van der Waals surface area contributed by atoms with Crippen LogP contribution in [0, 0.1) is 0 Å². The summed E-state index contributed by atoms with van der Waals surface area (Å²) in [7, 11) is 0. The number of rotatable bonds is 6. The standard InChI is InChI=1S/C10H18O2/c1-2-3-4-5-7-10(12)8-6-9-11/h4-6,8,10-12H,2-3,7,9H2,1H3/b5-4+,8-6+/t10-/m1/s1. The quantitative estimate of drug-likeness (QED) is 0.595. The van der Waals surface area contributed by atoms with E-state index in [2.05, 4.69) is 13.0 Å². The maximum Gasteiger partial charge on any atom is 0.0756 e. The molecule has 0 heterocycles. The van der Waals surface area contributed by atoms with Gasteiger partial charge in [-0.15, -0.1) is 0 Å². The van der Waals surface area contributed by atoms with E-state index in [1.807, 2.05) is 6.08 Å². The average molecular weight is 170 g/mol. The van der Waals surface area contributed by atoms with Crippen LogP contribution in [0.1, 0.15) is 26.2 Å². The fourth-order valence-corrected chi connectivity index (χ4v) is 0.817. The lowest BCUT2D eigenvalue weighted by atomic mass is 10.2. The maximum atomic E-state index is 9.23. The molecule has 0 amide bonds. The van der Waals surface area contributed by atoms with E-state index < -0.39 is 6.10 Å². The van der Waals surface area contributed by atoms with Crippen LogP contribution in [0.4, 0.5) is 0 Å². The summed E-state index contributed by atoms with van der Waals surface area (Å²) in [6, 6.07) is 0. The van der Waals surface area contributed by atoms with Gasteiger partial charge < -0.3 is 10.2 Å². The summed E-state index contributed by atoms with van der Waals surface area (Å²) in [5, 5.41) is 17.6. The molecule has 0 aromatic heterocycles. The van der Waals surface area contributed by atoms with Crippen LogP contribution in [0.25, 0.3) is 0 Å². The molecule has 0 saturated heterocycles. The minimum absolute atomic E-state index is 0.00423. The van der Waals surface area contributed by atoms with E-state index in [9.17, 15) is 5.11 Å². The zero-order valence-electron chi connectivity index (χ0n) is 7.61. The largest absolute Gasteiger partial charge is 0.392 e. The molecule has 0 aliphatic carbocycles. The van der Waals surface area contributed by atoms with Crippen LogP contribution in [0.5, 0.6) is 0 Å². The zero-order chi connectivity index (χ0) is 9.23. The van der Waals surface area contributed by atoms with Crippen molar-refractivity contribution in [1.29, 1.82) is 0 Å². The highest BCUT2D eigenvalue weighted by molar-refractivity contribution is 4.93. The van der Waals surface area contributed by atoms with E-state index in [1.165, 1.54) is 0 Å². The molecule has 0 rings (SSSR count). The Morgan fingerprint density at radius 2 is 2.00 bits per heavy atom. The summed E-state index contributed by atoms with van der Waals surface area (Å²) in [5.41, 5.74) is 0. The molecular formula is C10H18O2. The third-order valence-electron chi connectivity index (χ3n) is 1.46. The predicted octanol–water partition coefficient (Wildman–Crippen LogP) is 1.64. The Kier molecular flexibility index (Phi) is 8.07. The Labute approximate surface area is 74.2 Å². The Bertz CT molecular complexity index is 139. The molecule has 0 aromatic rings. The van der Waals surface area contributed by atoms with E-state index in [4.69, 9.17) is 5.11 Å². The molecule has 0 bridgehead atoms. The van der Waals surface area contributed by atoms with Crippen molar-refractivity contribution in [2.45, 2.75) is 32.3 Å². The molecule has 70 valence electrons. The summed E-state index contributed by atoms with van der Waals surface area (Å²) in [6.45, 7) is 2.11. The second-order valence-electron chi connectivity index (χ2n) is 2.67. The molecule has 0 aliphatic rings. The molecule has 0 saturated carbocycles. The highest BCUT2D eigenvalue weighted by atomic mass is 16.3. The number of hydrogen-bond acceptors (Lipinski definition) is 2. The zero-order valence-corrected chi connectivity index (χ0v) is 7.61. The van der Waals surface area contributed by atoms with Gasteiger partial charge in [-0.3, -0.25) is 0 Å². The fourth-order valence-electron chi connectivity index (χ4n) is 0.817. The van der Waals surface area contributed by atoms with Crippen LogP contribution >= 0.6 is 0 Å². The molecule has 2 N–H and O–H groups in total. The summed E-state index contributed by atoms with van der Waals surface area (Å²) in [4.78, 5) is 0. The van der Waals surface area contributed by atoms with E-state index in [1.54, 1.807) is 12.2 Å². The molecule has 2 heteroatoms. The van der Waals surface area contributed by atoms with E-state index in [-0.39, 0.29) is 6.61 Å². The summed E-state index contributed by atoms with van der Waals surface area (Å²) in [5.74, 6) is 0. The predicted molar refractivity (Wildman–Crippen MR) is 50.9 cm³/mol. The number of aliphatic hydroxyl groups is 2. The molecular weight excluding hydrogens is 152 g/mol. The smallest absolute Gasteiger partial charge is 0.0756 e. The highest BCUT2D eigenvalue weighted by Crippen LogP contribution is 1.97. The van der Waals surface area contributed by atoms with Gasteiger partial charge in [0.25, 0.3) is 0 Å². The lowest BCUT2D eigenvalue weighted by molar-refractivity contribution is 0.225. The van der Waals surface area contributed by atoms with Gasteiger partial charge in [0, 0.05) is 0 Å². The normalized spacial score (nSPS) is 14.6. The molecule has 1 atom stereocenters. The van der Waals surface area contributed by atoms with Crippen molar-refractivity contribution in [3.63, 3.8) is 0 Å². The number of hydrogen-bond donors (Lipinski definition) is 2. The Balaban J connectivity index is 3.42.